The van der Waals surface area contributed by atoms with Crippen molar-refractivity contribution in [3.05, 3.63) is 39.5 Å². The molecule has 0 aliphatic heterocycles. The first kappa shape index (κ1) is 20.4. The van der Waals surface area contributed by atoms with Crippen LogP contribution in [-0.4, -0.2) is 28.3 Å². The highest BCUT2D eigenvalue weighted by molar-refractivity contribution is 7.16. The maximum absolute atomic E-state index is 12.6. The number of rotatable bonds is 6. The summed E-state index contributed by atoms with van der Waals surface area (Å²) in [6, 6.07) is 3.64. The van der Waals surface area contributed by atoms with Gasteiger partial charge < -0.3 is 10.1 Å². The van der Waals surface area contributed by atoms with Gasteiger partial charge in [-0.15, -0.1) is 11.3 Å². The maximum atomic E-state index is 12.6. The molecule has 1 N–H and O–H groups in total. The third-order valence-corrected chi connectivity index (χ3v) is 5.11. The largest absolute Gasteiger partial charge is 0.462 e. The lowest BCUT2D eigenvalue weighted by molar-refractivity contribution is -0.112. The third kappa shape index (κ3) is 4.83. The summed E-state index contributed by atoms with van der Waals surface area (Å²) in [5.41, 5.74) is 1.63. The number of carbonyl (C=O) groups excluding carboxylic acids is 2. The third-order valence-electron chi connectivity index (χ3n) is 3.76. The molecule has 2 aromatic rings. The van der Waals surface area contributed by atoms with Gasteiger partial charge in [-0.3, -0.25) is 9.48 Å². The molecule has 0 saturated heterocycles. The molecule has 0 atom stereocenters. The summed E-state index contributed by atoms with van der Waals surface area (Å²) in [5.74, 6) is -0.886. The van der Waals surface area contributed by atoms with Crippen LogP contribution >= 0.6 is 11.3 Å². The molecule has 0 bridgehead atoms. The van der Waals surface area contributed by atoms with Crippen LogP contribution in [0.25, 0.3) is 6.08 Å². The molecule has 0 saturated carbocycles. The number of amides is 1. The number of nitrogens with one attached hydrogen (secondary N) is 1. The Labute approximate surface area is 162 Å². The lowest BCUT2D eigenvalue weighted by atomic mass is 10.1. The van der Waals surface area contributed by atoms with E-state index < -0.39 is 11.9 Å². The summed E-state index contributed by atoms with van der Waals surface area (Å²) in [5, 5.41) is 16.7. The number of carbonyl (C=O) groups is 2. The minimum atomic E-state index is -0.580. The normalized spacial score (nSPS) is 11.4. The van der Waals surface area contributed by atoms with Crippen LogP contribution in [0.3, 0.4) is 0 Å². The van der Waals surface area contributed by atoms with Crippen molar-refractivity contribution < 1.29 is 14.3 Å². The van der Waals surface area contributed by atoms with Crippen molar-refractivity contribution in [2.45, 2.75) is 33.6 Å². The summed E-state index contributed by atoms with van der Waals surface area (Å²) in [6.07, 6.45) is 3.21. The fourth-order valence-corrected chi connectivity index (χ4v) is 3.43. The highest BCUT2D eigenvalue weighted by Gasteiger charge is 2.21. The van der Waals surface area contributed by atoms with Crippen molar-refractivity contribution in [1.82, 2.24) is 9.78 Å². The molecule has 0 aliphatic carbocycles. The van der Waals surface area contributed by atoms with Gasteiger partial charge in [0.2, 0.25) is 0 Å². The van der Waals surface area contributed by atoms with Gasteiger partial charge in [0, 0.05) is 23.7 Å². The second-order valence-corrected chi connectivity index (χ2v) is 7.32. The van der Waals surface area contributed by atoms with Crippen LogP contribution in [0.1, 0.15) is 53.2 Å². The molecule has 2 rings (SSSR count). The van der Waals surface area contributed by atoms with Crippen LogP contribution in [0.5, 0.6) is 0 Å². The summed E-state index contributed by atoms with van der Waals surface area (Å²) < 4.78 is 6.68. The first-order valence-corrected chi connectivity index (χ1v) is 9.32. The molecule has 2 aromatic heterocycles. The van der Waals surface area contributed by atoms with Crippen LogP contribution in [0.2, 0.25) is 0 Å². The first-order chi connectivity index (χ1) is 12.8. The van der Waals surface area contributed by atoms with E-state index in [2.05, 4.69) is 10.4 Å². The average molecular weight is 386 g/mol. The van der Waals surface area contributed by atoms with Gasteiger partial charge in [-0.25, -0.2) is 4.79 Å². The number of nitrogens with zero attached hydrogens (tertiary/aromatic N) is 3. The van der Waals surface area contributed by atoms with Gasteiger partial charge in [0.1, 0.15) is 16.6 Å². The van der Waals surface area contributed by atoms with Crippen LogP contribution < -0.4 is 5.32 Å². The maximum Gasteiger partial charge on any atom is 0.341 e. The number of aromatic nitrogens is 2. The molecule has 0 radical (unpaired) electrons. The van der Waals surface area contributed by atoms with Gasteiger partial charge in [-0.2, -0.15) is 10.4 Å². The fourth-order valence-electron chi connectivity index (χ4n) is 2.38. The number of aryl methyl sites for hydroxylation is 2. The number of ether oxygens (including phenoxy) is 1. The standard InChI is InChI=1S/C19H22N4O3S/c1-6-26-19(25)15-8-16(11(2)3)27-18(15)21-17(24)13(9-20)7-14-10-23(5)22-12(14)4/h7-8,10-11H,6H2,1-5H3,(H,21,24). The predicted molar refractivity (Wildman–Crippen MR) is 105 cm³/mol. The van der Waals surface area contributed by atoms with E-state index in [4.69, 9.17) is 4.74 Å². The summed E-state index contributed by atoms with van der Waals surface area (Å²) in [6.45, 7) is 7.75. The molecular formula is C19H22N4O3S. The number of esters is 1. The lowest BCUT2D eigenvalue weighted by Crippen LogP contribution is -2.15. The highest BCUT2D eigenvalue weighted by Crippen LogP contribution is 2.33. The Hall–Kier alpha value is -2.92. The molecular weight excluding hydrogens is 364 g/mol. The van der Waals surface area contributed by atoms with Crippen molar-refractivity contribution in [3.63, 3.8) is 0 Å². The molecule has 1 amide bonds. The van der Waals surface area contributed by atoms with E-state index in [0.717, 1.165) is 4.88 Å². The van der Waals surface area contributed by atoms with Crippen molar-refractivity contribution >= 4 is 34.3 Å². The van der Waals surface area contributed by atoms with Gasteiger partial charge in [-0.1, -0.05) is 13.8 Å². The zero-order valence-corrected chi connectivity index (χ0v) is 16.8. The van der Waals surface area contributed by atoms with Crippen molar-refractivity contribution in [3.8, 4) is 6.07 Å². The molecule has 0 fully saturated rings. The van der Waals surface area contributed by atoms with Crippen molar-refractivity contribution in [2.75, 3.05) is 11.9 Å². The molecule has 27 heavy (non-hydrogen) atoms. The van der Waals surface area contributed by atoms with E-state index in [-0.39, 0.29) is 18.1 Å². The van der Waals surface area contributed by atoms with Crippen LogP contribution in [0.4, 0.5) is 5.00 Å². The molecule has 0 aromatic carbocycles. The quantitative estimate of drug-likeness (QED) is 0.464. The molecule has 0 unspecified atom stereocenters. The second-order valence-electron chi connectivity index (χ2n) is 6.23. The van der Waals surface area contributed by atoms with Gasteiger partial charge in [-0.05, 0) is 31.9 Å². The molecule has 2 heterocycles. The van der Waals surface area contributed by atoms with E-state index >= 15 is 0 Å². The zero-order chi connectivity index (χ0) is 20.1. The van der Waals surface area contributed by atoms with Crippen LogP contribution in [-0.2, 0) is 16.6 Å². The molecule has 7 nitrogen and oxygen atoms in total. The van der Waals surface area contributed by atoms with E-state index in [1.807, 2.05) is 19.9 Å². The smallest absolute Gasteiger partial charge is 0.341 e. The van der Waals surface area contributed by atoms with E-state index in [0.29, 0.717) is 21.8 Å². The van der Waals surface area contributed by atoms with Gasteiger partial charge >= 0.3 is 5.97 Å². The Morgan fingerprint density at radius 2 is 2.19 bits per heavy atom. The lowest BCUT2D eigenvalue weighted by Gasteiger charge is -2.05. The first-order valence-electron chi connectivity index (χ1n) is 8.51. The number of nitriles is 1. The van der Waals surface area contributed by atoms with E-state index in [9.17, 15) is 14.9 Å². The monoisotopic (exact) mass is 386 g/mol. The van der Waals surface area contributed by atoms with Crippen molar-refractivity contribution in [1.29, 1.82) is 5.26 Å². The minimum Gasteiger partial charge on any atom is -0.462 e. The van der Waals surface area contributed by atoms with Gasteiger partial charge in [0.15, 0.2) is 0 Å². The van der Waals surface area contributed by atoms with E-state index in [1.54, 1.807) is 37.8 Å². The topological polar surface area (TPSA) is 97.0 Å². The Kier molecular flexibility index (Phi) is 6.53. The number of hydrogen-bond donors (Lipinski definition) is 1. The number of thiophene rings is 1. The molecule has 142 valence electrons. The predicted octanol–water partition coefficient (Wildman–Crippen LogP) is 3.64. The van der Waals surface area contributed by atoms with Gasteiger partial charge in [0.05, 0.1) is 17.9 Å². The summed E-state index contributed by atoms with van der Waals surface area (Å²) in [7, 11) is 1.77. The highest BCUT2D eigenvalue weighted by atomic mass is 32.1. The zero-order valence-electron chi connectivity index (χ0n) is 16.0. The van der Waals surface area contributed by atoms with Crippen molar-refractivity contribution in [2.24, 2.45) is 7.05 Å². The summed E-state index contributed by atoms with van der Waals surface area (Å²) in [4.78, 5) is 25.8. The SMILES string of the molecule is CCOC(=O)c1cc(C(C)C)sc1NC(=O)C(C#N)=Cc1cn(C)nc1C. The minimum absolute atomic E-state index is 0.0691. The molecule has 8 heteroatoms. The Bertz CT molecular complexity index is 931. The summed E-state index contributed by atoms with van der Waals surface area (Å²) >= 11 is 1.31. The van der Waals surface area contributed by atoms with E-state index in [1.165, 1.54) is 17.4 Å². The second kappa shape index (κ2) is 8.64. The Balaban J connectivity index is 2.34. The number of hydrogen-bond acceptors (Lipinski definition) is 6. The molecule has 0 aliphatic rings. The fraction of sp³-hybridized carbons (Fsp3) is 0.368. The van der Waals surface area contributed by atoms with Gasteiger partial charge in [0.25, 0.3) is 5.91 Å². The number of anilines is 1. The Morgan fingerprint density at radius 1 is 1.48 bits per heavy atom. The molecule has 0 spiro atoms. The average Bonchev–Trinajstić information content (AvgIpc) is 3.15. The van der Waals surface area contributed by atoms with Crippen LogP contribution in [0.15, 0.2) is 17.8 Å². The van der Waals surface area contributed by atoms with Crippen LogP contribution in [0, 0.1) is 18.3 Å². The Morgan fingerprint density at radius 3 is 2.70 bits per heavy atom.